The van der Waals surface area contributed by atoms with Gasteiger partial charge in [-0.3, -0.25) is 0 Å². The molecule has 0 saturated heterocycles. The molecule has 0 fully saturated rings. The highest BCUT2D eigenvalue weighted by Crippen LogP contribution is 2.37. The lowest BCUT2D eigenvalue weighted by atomic mass is 9.99. The summed E-state index contributed by atoms with van der Waals surface area (Å²) in [5, 5.41) is 2.54. The first-order valence-corrected chi connectivity index (χ1v) is 12.5. The van der Waals surface area contributed by atoms with Gasteiger partial charge in [0.1, 0.15) is 29.6 Å². The van der Waals surface area contributed by atoms with Gasteiger partial charge < -0.3 is 14.2 Å². The number of rotatable bonds is 6. The Morgan fingerprint density at radius 2 is 1.41 bits per heavy atom. The van der Waals surface area contributed by atoms with E-state index in [0.717, 1.165) is 52.0 Å². The molecule has 0 radical (unpaired) electrons. The van der Waals surface area contributed by atoms with Crippen molar-refractivity contribution in [1.29, 1.82) is 0 Å². The number of ether oxygens (including phenoxy) is 3. The Morgan fingerprint density at radius 3 is 2.05 bits per heavy atom. The van der Waals surface area contributed by atoms with Crippen LogP contribution < -0.4 is 9.47 Å². The van der Waals surface area contributed by atoms with Gasteiger partial charge in [-0.25, -0.2) is 0 Å². The number of nitrogens with zero attached hydrogens (tertiary/aromatic N) is 1. The van der Waals surface area contributed by atoms with Crippen molar-refractivity contribution in [2.45, 2.75) is 6.92 Å². The van der Waals surface area contributed by atoms with Gasteiger partial charge in [0.15, 0.2) is 0 Å². The fraction of sp³-hybridized carbons (Fsp3) is 0.121. The van der Waals surface area contributed by atoms with Crippen LogP contribution in [0.15, 0.2) is 109 Å². The highest BCUT2D eigenvalue weighted by atomic mass is 16.5. The molecular formula is C33H28NO3+. The largest absolute Gasteiger partial charge is 0.497 e. The third-order valence-electron chi connectivity index (χ3n) is 6.95. The molecule has 2 aliphatic heterocycles. The zero-order chi connectivity index (χ0) is 25.4. The Morgan fingerprint density at radius 1 is 0.757 bits per heavy atom. The van der Waals surface area contributed by atoms with Crippen LogP contribution in [0.5, 0.6) is 11.5 Å². The molecule has 0 atom stereocenters. The van der Waals surface area contributed by atoms with Crippen LogP contribution in [0.2, 0.25) is 0 Å². The highest BCUT2D eigenvalue weighted by molar-refractivity contribution is 6.20. The summed E-state index contributed by atoms with van der Waals surface area (Å²) < 4.78 is 19.6. The summed E-state index contributed by atoms with van der Waals surface area (Å²) in [6.45, 7) is 3.05. The first kappa shape index (κ1) is 22.9. The van der Waals surface area contributed by atoms with E-state index in [1.165, 1.54) is 22.0 Å². The minimum absolute atomic E-state index is 0.789. The molecule has 182 valence electrons. The minimum atomic E-state index is 0.789. The van der Waals surface area contributed by atoms with Crippen LogP contribution in [0.3, 0.4) is 0 Å². The molecule has 2 aliphatic rings. The number of methoxy groups -OCH3 is 2. The van der Waals surface area contributed by atoms with Gasteiger partial charge in [0.05, 0.1) is 31.2 Å². The maximum atomic E-state index is 6.52. The van der Waals surface area contributed by atoms with Crippen molar-refractivity contribution in [2.24, 2.45) is 0 Å². The van der Waals surface area contributed by atoms with Crippen LogP contribution in [-0.2, 0) is 4.74 Å². The first-order chi connectivity index (χ1) is 18.2. The van der Waals surface area contributed by atoms with Crippen molar-refractivity contribution in [1.82, 2.24) is 0 Å². The summed E-state index contributed by atoms with van der Waals surface area (Å²) in [4.78, 5) is 0. The van der Waals surface area contributed by atoms with Crippen LogP contribution in [0.25, 0.3) is 22.1 Å². The van der Waals surface area contributed by atoms with Crippen molar-refractivity contribution < 1.29 is 18.8 Å². The summed E-state index contributed by atoms with van der Waals surface area (Å²) in [6, 6.07) is 29.1. The maximum Gasteiger partial charge on any atom is 0.217 e. The zero-order valence-corrected chi connectivity index (χ0v) is 21.2. The van der Waals surface area contributed by atoms with Crippen LogP contribution >= 0.6 is 0 Å². The monoisotopic (exact) mass is 486 g/mol. The molecule has 0 amide bonds. The van der Waals surface area contributed by atoms with E-state index in [-0.39, 0.29) is 0 Å². The summed E-state index contributed by atoms with van der Waals surface area (Å²) >= 11 is 0. The standard InChI is InChI=1S/C33H28NO3/c1-4-34-30-10-6-8-24-7-5-9-29(33(24)30)31(34)21-28-19-25(22-11-15-26(35-2)16-12-22)20-32(37-28)23-13-17-27(36-3)18-14-23/h5-21H,4H2,1-3H3/q+1/b28-21-. The lowest BCUT2D eigenvalue weighted by Gasteiger charge is -2.18. The number of hydrogen-bond acceptors (Lipinski definition) is 3. The molecule has 0 bridgehead atoms. The van der Waals surface area contributed by atoms with E-state index in [4.69, 9.17) is 14.2 Å². The zero-order valence-electron chi connectivity index (χ0n) is 21.2. The number of benzene rings is 4. The van der Waals surface area contributed by atoms with Gasteiger partial charge in [-0.1, -0.05) is 36.4 Å². The summed E-state index contributed by atoms with van der Waals surface area (Å²) in [7, 11) is 3.36. The molecule has 37 heavy (non-hydrogen) atoms. The third kappa shape index (κ3) is 4.11. The van der Waals surface area contributed by atoms with E-state index in [0.29, 0.717) is 0 Å². The molecule has 4 aromatic rings. The summed E-state index contributed by atoms with van der Waals surface area (Å²) in [6.07, 6.45) is 6.37. The van der Waals surface area contributed by atoms with Crippen molar-refractivity contribution in [3.63, 3.8) is 0 Å². The normalized spacial score (nSPS) is 15.5. The fourth-order valence-electron chi connectivity index (χ4n) is 5.11. The molecule has 6 rings (SSSR count). The predicted octanol–water partition coefficient (Wildman–Crippen LogP) is 7.36. The smallest absolute Gasteiger partial charge is 0.217 e. The maximum absolute atomic E-state index is 6.52. The van der Waals surface area contributed by atoms with Crippen LogP contribution in [0, 0.1) is 0 Å². The van der Waals surface area contributed by atoms with Crippen molar-refractivity contribution in [3.8, 4) is 11.5 Å². The Labute approximate surface area is 217 Å². The Bertz CT molecular complexity index is 1620. The molecule has 0 unspecified atom stereocenters. The van der Waals surface area contributed by atoms with Gasteiger partial charge in [-0.05, 0) is 78.1 Å². The predicted molar refractivity (Wildman–Crippen MR) is 150 cm³/mol. The Balaban J connectivity index is 1.48. The van der Waals surface area contributed by atoms with E-state index in [1.807, 2.05) is 36.4 Å². The van der Waals surface area contributed by atoms with Gasteiger partial charge in [0, 0.05) is 11.6 Å². The van der Waals surface area contributed by atoms with Gasteiger partial charge in [0.25, 0.3) is 0 Å². The van der Waals surface area contributed by atoms with Gasteiger partial charge in [-0.15, -0.1) is 0 Å². The average Bonchev–Trinajstić information content (AvgIpc) is 3.26. The summed E-state index contributed by atoms with van der Waals surface area (Å²) in [5.41, 5.74) is 6.76. The molecule has 4 nitrogen and oxygen atoms in total. The number of allylic oxidation sites excluding steroid dienone is 4. The molecule has 4 aromatic carbocycles. The van der Waals surface area contributed by atoms with Crippen molar-refractivity contribution >= 4 is 33.5 Å². The Hall–Kier alpha value is -4.57. The van der Waals surface area contributed by atoms with Gasteiger partial charge in [0.2, 0.25) is 11.4 Å². The van der Waals surface area contributed by atoms with Crippen LogP contribution in [0.1, 0.15) is 23.6 Å². The lowest BCUT2D eigenvalue weighted by molar-refractivity contribution is -0.430. The van der Waals surface area contributed by atoms with Crippen molar-refractivity contribution in [2.75, 3.05) is 20.8 Å². The van der Waals surface area contributed by atoms with Gasteiger partial charge >= 0.3 is 0 Å². The second kappa shape index (κ2) is 9.47. The molecular weight excluding hydrogens is 458 g/mol. The van der Waals surface area contributed by atoms with E-state index in [1.54, 1.807) is 14.2 Å². The van der Waals surface area contributed by atoms with E-state index < -0.39 is 0 Å². The minimum Gasteiger partial charge on any atom is -0.497 e. The molecule has 0 aromatic heterocycles. The SMILES string of the molecule is CC[N+]1=C(/C=C2/C=C(c3ccc(OC)cc3)C=C(c3ccc(OC)cc3)O2)c2cccc3cccc1c23. The molecule has 0 saturated carbocycles. The third-order valence-corrected chi connectivity index (χ3v) is 6.95. The van der Waals surface area contributed by atoms with Gasteiger partial charge in [-0.2, -0.15) is 4.58 Å². The average molecular weight is 487 g/mol. The second-order valence-corrected chi connectivity index (χ2v) is 9.02. The first-order valence-electron chi connectivity index (χ1n) is 12.5. The topological polar surface area (TPSA) is 30.7 Å². The Kier molecular flexibility index (Phi) is 5.85. The molecule has 0 spiro atoms. The molecule has 4 heteroatoms. The fourth-order valence-corrected chi connectivity index (χ4v) is 5.11. The molecule has 2 heterocycles. The van der Waals surface area contributed by atoms with E-state index >= 15 is 0 Å². The van der Waals surface area contributed by atoms with Crippen LogP contribution in [0.4, 0.5) is 5.69 Å². The number of hydrogen-bond donors (Lipinski definition) is 0. The highest BCUT2D eigenvalue weighted by Gasteiger charge is 2.30. The quantitative estimate of drug-likeness (QED) is 0.267. The molecule has 0 aliphatic carbocycles. The molecule has 0 N–H and O–H groups in total. The lowest BCUT2D eigenvalue weighted by Crippen LogP contribution is -2.12. The van der Waals surface area contributed by atoms with E-state index in [9.17, 15) is 0 Å². The van der Waals surface area contributed by atoms with Crippen molar-refractivity contribution in [3.05, 3.63) is 126 Å². The van der Waals surface area contributed by atoms with Crippen LogP contribution in [-0.4, -0.2) is 31.1 Å². The van der Waals surface area contributed by atoms with E-state index in [2.05, 4.69) is 78.3 Å². The second-order valence-electron chi connectivity index (χ2n) is 9.02. The summed E-state index contributed by atoms with van der Waals surface area (Å²) in [5.74, 6) is 3.22.